The molecule has 2 heteroatoms. The summed E-state index contributed by atoms with van der Waals surface area (Å²) in [6, 6.07) is 5.90. The highest BCUT2D eigenvalue weighted by Crippen LogP contribution is 2.17. The molecular formula is C12H13FO. The van der Waals surface area contributed by atoms with E-state index in [1.54, 1.807) is 19.1 Å². The van der Waals surface area contributed by atoms with Crippen LogP contribution in [0.4, 0.5) is 4.39 Å². The van der Waals surface area contributed by atoms with E-state index in [1.165, 1.54) is 12.1 Å². The molecule has 0 radical (unpaired) electrons. The van der Waals surface area contributed by atoms with Crippen LogP contribution in [0.1, 0.15) is 31.4 Å². The van der Waals surface area contributed by atoms with Crippen LogP contribution in [0.5, 0.6) is 0 Å². The first-order chi connectivity index (χ1) is 6.74. The second-order valence-corrected chi connectivity index (χ2v) is 3.03. The highest BCUT2D eigenvalue weighted by molar-refractivity contribution is 5.18. The van der Waals surface area contributed by atoms with Crippen LogP contribution in [0.25, 0.3) is 0 Å². The van der Waals surface area contributed by atoms with Crippen LogP contribution in [-0.2, 0) is 0 Å². The zero-order valence-corrected chi connectivity index (χ0v) is 8.13. The number of halogens is 1. The molecule has 0 fully saturated rings. The highest BCUT2D eigenvalue weighted by Gasteiger charge is 2.05. The molecule has 0 saturated heterocycles. The standard InChI is InChI=1S/C12H13FO/c1-2-3-4-5-12(14)10-6-8-11(13)9-7-10/h6-9,12,14H,4-5H2,1H3. The van der Waals surface area contributed by atoms with Crippen LogP contribution >= 0.6 is 0 Å². The molecule has 0 aromatic heterocycles. The number of hydrogen-bond donors (Lipinski definition) is 1. The summed E-state index contributed by atoms with van der Waals surface area (Å²) in [6.07, 6.45) is 0.707. The van der Waals surface area contributed by atoms with Gasteiger partial charge in [0, 0.05) is 6.42 Å². The van der Waals surface area contributed by atoms with Gasteiger partial charge in [-0.3, -0.25) is 0 Å². The molecule has 0 amide bonds. The van der Waals surface area contributed by atoms with Gasteiger partial charge in [0.25, 0.3) is 0 Å². The molecule has 1 aromatic rings. The van der Waals surface area contributed by atoms with Crippen molar-refractivity contribution in [3.63, 3.8) is 0 Å². The largest absolute Gasteiger partial charge is 0.388 e. The Morgan fingerprint density at radius 1 is 1.36 bits per heavy atom. The second-order valence-electron chi connectivity index (χ2n) is 3.03. The van der Waals surface area contributed by atoms with Gasteiger partial charge < -0.3 is 5.11 Å². The molecule has 0 aliphatic carbocycles. The molecule has 1 unspecified atom stereocenters. The Kier molecular flexibility index (Phi) is 4.15. The molecule has 1 atom stereocenters. The van der Waals surface area contributed by atoms with Crippen LogP contribution in [0, 0.1) is 17.7 Å². The Labute approximate surface area is 83.6 Å². The van der Waals surface area contributed by atoms with Gasteiger partial charge in [-0.05, 0) is 31.0 Å². The molecule has 74 valence electrons. The topological polar surface area (TPSA) is 20.2 Å². The van der Waals surface area contributed by atoms with Crippen molar-refractivity contribution in [1.82, 2.24) is 0 Å². The summed E-state index contributed by atoms with van der Waals surface area (Å²) in [7, 11) is 0. The smallest absolute Gasteiger partial charge is 0.123 e. The van der Waals surface area contributed by atoms with Gasteiger partial charge in [0.2, 0.25) is 0 Å². The molecule has 1 nitrogen and oxygen atoms in total. The molecular weight excluding hydrogens is 179 g/mol. The fourth-order valence-corrected chi connectivity index (χ4v) is 1.19. The summed E-state index contributed by atoms with van der Waals surface area (Å²) in [5.74, 6) is 5.36. The molecule has 1 rings (SSSR count). The van der Waals surface area contributed by atoms with Gasteiger partial charge >= 0.3 is 0 Å². The van der Waals surface area contributed by atoms with Crippen molar-refractivity contribution in [1.29, 1.82) is 0 Å². The van der Waals surface area contributed by atoms with Gasteiger partial charge in [-0.25, -0.2) is 4.39 Å². The number of aliphatic hydroxyl groups is 1. The SMILES string of the molecule is CC#CCCC(O)c1ccc(F)cc1. The lowest BCUT2D eigenvalue weighted by atomic mass is 10.1. The molecule has 0 saturated carbocycles. The monoisotopic (exact) mass is 192 g/mol. The lowest BCUT2D eigenvalue weighted by molar-refractivity contribution is 0.169. The summed E-state index contributed by atoms with van der Waals surface area (Å²) >= 11 is 0. The summed E-state index contributed by atoms with van der Waals surface area (Å²) in [4.78, 5) is 0. The zero-order valence-electron chi connectivity index (χ0n) is 8.13. The van der Waals surface area contributed by atoms with Crippen LogP contribution < -0.4 is 0 Å². The van der Waals surface area contributed by atoms with E-state index in [1.807, 2.05) is 0 Å². The Bertz CT molecular complexity index is 332. The first-order valence-corrected chi connectivity index (χ1v) is 4.57. The fraction of sp³-hybridized carbons (Fsp3) is 0.333. The van der Waals surface area contributed by atoms with Gasteiger partial charge in [0.05, 0.1) is 6.10 Å². The van der Waals surface area contributed by atoms with E-state index in [2.05, 4.69) is 11.8 Å². The minimum atomic E-state index is -0.545. The van der Waals surface area contributed by atoms with E-state index in [9.17, 15) is 9.50 Å². The van der Waals surface area contributed by atoms with Crippen molar-refractivity contribution in [2.75, 3.05) is 0 Å². The van der Waals surface area contributed by atoms with Crippen molar-refractivity contribution in [3.05, 3.63) is 35.6 Å². The molecule has 0 spiro atoms. The van der Waals surface area contributed by atoms with Crippen LogP contribution in [0.2, 0.25) is 0 Å². The fourth-order valence-electron chi connectivity index (χ4n) is 1.19. The molecule has 1 aromatic carbocycles. The van der Waals surface area contributed by atoms with Gasteiger partial charge in [0.1, 0.15) is 5.82 Å². The third-order valence-electron chi connectivity index (χ3n) is 1.97. The Balaban J connectivity index is 2.54. The zero-order chi connectivity index (χ0) is 10.4. The van der Waals surface area contributed by atoms with Gasteiger partial charge in [0.15, 0.2) is 0 Å². The average molecular weight is 192 g/mol. The van der Waals surface area contributed by atoms with E-state index in [0.29, 0.717) is 12.8 Å². The number of hydrogen-bond acceptors (Lipinski definition) is 1. The van der Waals surface area contributed by atoms with Crippen molar-refractivity contribution in [2.45, 2.75) is 25.9 Å². The van der Waals surface area contributed by atoms with E-state index in [0.717, 1.165) is 5.56 Å². The highest BCUT2D eigenvalue weighted by atomic mass is 19.1. The Morgan fingerprint density at radius 2 is 2.00 bits per heavy atom. The van der Waals surface area contributed by atoms with Crippen LogP contribution in [0.15, 0.2) is 24.3 Å². The minimum absolute atomic E-state index is 0.283. The quantitative estimate of drug-likeness (QED) is 0.730. The summed E-state index contributed by atoms with van der Waals surface area (Å²) in [5, 5.41) is 9.65. The minimum Gasteiger partial charge on any atom is -0.388 e. The maximum Gasteiger partial charge on any atom is 0.123 e. The first-order valence-electron chi connectivity index (χ1n) is 4.57. The van der Waals surface area contributed by atoms with E-state index < -0.39 is 6.10 Å². The van der Waals surface area contributed by atoms with E-state index in [-0.39, 0.29) is 5.82 Å². The second kappa shape index (κ2) is 5.41. The number of benzene rings is 1. The van der Waals surface area contributed by atoms with Crippen molar-refractivity contribution in [3.8, 4) is 11.8 Å². The molecule has 0 bridgehead atoms. The van der Waals surface area contributed by atoms with Crippen molar-refractivity contribution >= 4 is 0 Å². The third kappa shape index (κ3) is 3.20. The van der Waals surface area contributed by atoms with Gasteiger partial charge in [-0.1, -0.05) is 12.1 Å². The third-order valence-corrected chi connectivity index (χ3v) is 1.97. The lowest BCUT2D eigenvalue weighted by Gasteiger charge is -2.08. The van der Waals surface area contributed by atoms with Crippen molar-refractivity contribution in [2.24, 2.45) is 0 Å². The molecule has 0 aliphatic rings. The van der Waals surface area contributed by atoms with Crippen LogP contribution in [-0.4, -0.2) is 5.11 Å². The molecule has 0 aliphatic heterocycles. The summed E-state index contributed by atoms with van der Waals surface area (Å²) in [6.45, 7) is 1.77. The van der Waals surface area contributed by atoms with E-state index >= 15 is 0 Å². The van der Waals surface area contributed by atoms with Gasteiger partial charge in [-0.15, -0.1) is 11.8 Å². The first kappa shape index (κ1) is 10.7. The predicted molar refractivity (Wildman–Crippen MR) is 54.0 cm³/mol. The molecule has 14 heavy (non-hydrogen) atoms. The Morgan fingerprint density at radius 3 is 2.57 bits per heavy atom. The summed E-state index contributed by atoms with van der Waals surface area (Å²) < 4.78 is 12.6. The number of aliphatic hydroxyl groups excluding tert-OH is 1. The van der Waals surface area contributed by atoms with E-state index in [4.69, 9.17) is 0 Å². The van der Waals surface area contributed by atoms with Crippen molar-refractivity contribution < 1.29 is 9.50 Å². The maximum atomic E-state index is 12.6. The number of rotatable bonds is 3. The normalized spacial score (nSPS) is 11.6. The average Bonchev–Trinajstić information content (AvgIpc) is 2.19. The predicted octanol–water partition coefficient (Wildman–Crippen LogP) is 2.66. The molecule has 0 heterocycles. The molecule has 1 N–H and O–H groups in total. The summed E-state index contributed by atoms with van der Waals surface area (Å²) in [5.41, 5.74) is 0.740. The lowest BCUT2D eigenvalue weighted by Crippen LogP contribution is -1.96. The van der Waals surface area contributed by atoms with Crippen LogP contribution in [0.3, 0.4) is 0 Å². The van der Waals surface area contributed by atoms with Gasteiger partial charge in [-0.2, -0.15) is 0 Å². The maximum absolute atomic E-state index is 12.6. The Hall–Kier alpha value is -1.33.